The second-order valence-corrected chi connectivity index (χ2v) is 6.92. The van der Waals surface area contributed by atoms with Crippen molar-refractivity contribution in [2.24, 2.45) is 0 Å². The van der Waals surface area contributed by atoms with Crippen LogP contribution in [0.2, 0.25) is 0 Å². The molecule has 2 N–H and O–H groups in total. The summed E-state index contributed by atoms with van der Waals surface area (Å²) in [7, 11) is 1.81. The van der Waals surface area contributed by atoms with Gasteiger partial charge in [-0.2, -0.15) is 0 Å². The first-order chi connectivity index (χ1) is 11.5. The summed E-state index contributed by atoms with van der Waals surface area (Å²) in [6.45, 7) is 2.50. The number of aromatic nitrogens is 1. The van der Waals surface area contributed by atoms with E-state index in [1.807, 2.05) is 32.2 Å². The van der Waals surface area contributed by atoms with Crippen molar-refractivity contribution < 1.29 is 4.79 Å². The highest BCUT2D eigenvalue weighted by Crippen LogP contribution is 2.26. The van der Waals surface area contributed by atoms with Gasteiger partial charge in [0.25, 0.3) is 0 Å². The van der Waals surface area contributed by atoms with E-state index in [1.165, 1.54) is 15.0 Å². The van der Waals surface area contributed by atoms with Crippen LogP contribution in [-0.4, -0.2) is 22.8 Å². The van der Waals surface area contributed by atoms with Crippen molar-refractivity contribution in [1.82, 2.24) is 9.88 Å². The second-order valence-electron chi connectivity index (χ2n) is 5.75. The number of anilines is 1. The van der Waals surface area contributed by atoms with Gasteiger partial charge in [-0.15, -0.1) is 11.3 Å². The van der Waals surface area contributed by atoms with Crippen molar-refractivity contribution in [3.8, 4) is 0 Å². The number of thiophene rings is 1. The maximum atomic E-state index is 12.3. The molecular weight excluding hydrogens is 318 g/mol. The molecule has 0 unspecified atom stereocenters. The number of nitrogen functional groups attached to an aromatic ring is 1. The molecule has 0 radical (unpaired) electrons. The molecule has 24 heavy (non-hydrogen) atoms. The normalized spacial score (nSPS) is 11.2. The van der Waals surface area contributed by atoms with Crippen molar-refractivity contribution >= 4 is 39.2 Å². The van der Waals surface area contributed by atoms with Crippen LogP contribution >= 0.6 is 11.3 Å². The van der Waals surface area contributed by atoms with E-state index in [1.54, 1.807) is 34.6 Å². The molecule has 1 aromatic carbocycles. The average molecular weight is 337 g/mol. The molecule has 0 atom stereocenters. The molecule has 2 heterocycles. The monoisotopic (exact) mass is 337 g/mol. The lowest BCUT2D eigenvalue weighted by molar-refractivity contribution is -0.125. The minimum atomic E-state index is -0.0399. The van der Waals surface area contributed by atoms with Gasteiger partial charge in [-0.3, -0.25) is 4.79 Å². The van der Waals surface area contributed by atoms with Crippen LogP contribution in [0.25, 0.3) is 16.2 Å². The van der Waals surface area contributed by atoms with Gasteiger partial charge in [0.05, 0.1) is 6.54 Å². The number of nitrogens with zero attached hydrogens (tertiary/aromatic N) is 2. The molecule has 0 aliphatic carbocycles. The fourth-order valence-electron chi connectivity index (χ4n) is 2.42. The highest BCUT2D eigenvalue weighted by atomic mass is 32.1. The van der Waals surface area contributed by atoms with E-state index in [9.17, 15) is 4.79 Å². The van der Waals surface area contributed by atoms with Gasteiger partial charge < -0.3 is 10.6 Å². The number of carbonyl (C=O) groups is 1. The van der Waals surface area contributed by atoms with Gasteiger partial charge in [0.2, 0.25) is 5.91 Å². The third-order valence-corrected chi connectivity index (χ3v) is 4.90. The number of nitrogens with two attached hydrogens (primary N) is 1. The molecule has 3 aromatic rings. The number of fused-ring (bicyclic) bond motifs is 1. The average Bonchev–Trinajstić information content (AvgIpc) is 2.97. The fraction of sp³-hybridized carbons (Fsp3) is 0.158. The van der Waals surface area contributed by atoms with Gasteiger partial charge >= 0.3 is 0 Å². The van der Waals surface area contributed by atoms with Crippen molar-refractivity contribution in [2.45, 2.75) is 13.5 Å². The number of benzene rings is 1. The highest BCUT2D eigenvalue weighted by Gasteiger charge is 2.08. The molecule has 4 nitrogen and oxygen atoms in total. The fourth-order valence-corrected chi connectivity index (χ4v) is 3.54. The number of pyridine rings is 1. The second kappa shape index (κ2) is 6.84. The standard InChI is InChI=1S/C19H19N3OS/c1-13-9-14(11-21-19(13)20)7-8-18(23)22(2)12-16-10-15-5-3-4-6-17(15)24-16/h3-11H,12H2,1-2H3,(H2,20,21)/b8-7+. The summed E-state index contributed by atoms with van der Waals surface area (Å²) in [5.41, 5.74) is 7.47. The Morgan fingerprint density at radius 1 is 1.33 bits per heavy atom. The quantitative estimate of drug-likeness (QED) is 0.736. The van der Waals surface area contributed by atoms with Crippen LogP contribution in [0.5, 0.6) is 0 Å². The van der Waals surface area contributed by atoms with Gasteiger partial charge in [-0.1, -0.05) is 18.2 Å². The topological polar surface area (TPSA) is 59.2 Å². The van der Waals surface area contributed by atoms with E-state index >= 15 is 0 Å². The van der Waals surface area contributed by atoms with Gasteiger partial charge in [0.15, 0.2) is 0 Å². The summed E-state index contributed by atoms with van der Waals surface area (Å²) in [5, 5.41) is 1.22. The minimum absolute atomic E-state index is 0.0399. The van der Waals surface area contributed by atoms with E-state index in [2.05, 4.69) is 23.2 Å². The first-order valence-electron chi connectivity index (χ1n) is 7.65. The Balaban J connectivity index is 1.67. The molecule has 5 heteroatoms. The first kappa shape index (κ1) is 16.2. The number of amides is 1. The van der Waals surface area contributed by atoms with Crippen molar-refractivity contribution in [2.75, 3.05) is 12.8 Å². The lowest BCUT2D eigenvalue weighted by atomic mass is 10.2. The Morgan fingerprint density at radius 2 is 2.12 bits per heavy atom. The van der Waals surface area contributed by atoms with Crippen LogP contribution in [0.4, 0.5) is 5.82 Å². The summed E-state index contributed by atoms with van der Waals surface area (Å²) in [5.74, 6) is 0.474. The molecule has 0 bridgehead atoms. The minimum Gasteiger partial charge on any atom is -0.383 e. The SMILES string of the molecule is Cc1cc(/C=C/C(=O)N(C)Cc2cc3ccccc3s2)cnc1N. The van der Waals surface area contributed by atoms with Crippen molar-refractivity contribution in [3.05, 3.63) is 64.7 Å². The molecule has 0 saturated carbocycles. The zero-order valence-corrected chi connectivity index (χ0v) is 14.5. The molecule has 0 spiro atoms. The maximum absolute atomic E-state index is 12.3. The van der Waals surface area contributed by atoms with E-state index in [0.717, 1.165) is 11.1 Å². The first-order valence-corrected chi connectivity index (χ1v) is 8.47. The zero-order valence-electron chi connectivity index (χ0n) is 13.7. The predicted octanol–water partition coefficient (Wildman–Crippen LogP) is 3.86. The number of likely N-dealkylation sites (N-methyl/N-ethyl adjacent to an activating group) is 1. The van der Waals surface area contributed by atoms with Gasteiger partial charge in [-0.05, 0) is 47.7 Å². The Morgan fingerprint density at radius 3 is 2.88 bits per heavy atom. The Labute approximate surface area is 145 Å². The van der Waals surface area contributed by atoms with E-state index < -0.39 is 0 Å². The summed E-state index contributed by atoms with van der Waals surface area (Å²) in [4.78, 5) is 19.3. The van der Waals surface area contributed by atoms with E-state index in [4.69, 9.17) is 5.73 Å². The van der Waals surface area contributed by atoms with Crippen LogP contribution < -0.4 is 5.73 Å². The molecule has 0 fully saturated rings. The molecule has 3 rings (SSSR count). The van der Waals surface area contributed by atoms with Gasteiger partial charge in [0.1, 0.15) is 5.82 Å². The molecule has 122 valence electrons. The molecule has 0 aliphatic heterocycles. The third-order valence-electron chi connectivity index (χ3n) is 3.80. The number of hydrogen-bond acceptors (Lipinski definition) is 4. The Hall–Kier alpha value is -2.66. The smallest absolute Gasteiger partial charge is 0.246 e. The van der Waals surface area contributed by atoms with Crippen molar-refractivity contribution in [3.63, 3.8) is 0 Å². The summed E-state index contributed by atoms with van der Waals surface area (Å²) >= 11 is 1.72. The lowest BCUT2D eigenvalue weighted by Crippen LogP contribution is -2.23. The van der Waals surface area contributed by atoms with Gasteiger partial charge in [-0.25, -0.2) is 4.98 Å². The summed E-state index contributed by atoms with van der Waals surface area (Å²) in [6, 6.07) is 12.3. The number of hydrogen-bond donors (Lipinski definition) is 1. The van der Waals surface area contributed by atoms with E-state index in [-0.39, 0.29) is 5.91 Å². The number of carbonyl (C=O) groups excluding carboxylic acids is 1. The van der Waals surface area contributed by atoms with Crippen LogP contribution in [0, 0.1) is 6.92 Å². The van der Waals surface area contributed by atoms with Crippen LogP contribution in [0.1, 0.15) is 16.0 Å². The van der Waals surface area contributed by atoms with Gasteiger partial charge in [0, 0.05) is 28.9 Å². The molecule has 0 aliphatic rings. The van der Waals surface area contributed by atoms with Crippen LogP contribution in [0.3, 0.4) is 0 Å². The Bertz CT molecular complexity index is 881. The summed E-state index contributed by atoms with van der Waals surface area (Å²) in [6.07, 6.45) is 5.00. The third kappa shape index (κ3) is 3.63. The Kier molecular flexibility index (Phi) is 4.62. The maximum Gasteiger partial charge on any atom is 0.246 e. The predicted molar refractivity (Wildman–Crippen MR) is 101 cm³/mol. The molecule has 0 saturated heterocycles. The molecule has 1 amide bonds. The van der Waals surface area contributed by atoms with E-state index in [0.29, 0.717) is 12.4 Å². The molecular formula is C19H19N3OS. The lowest BCUT2D eigenvalue weighted by Gasteiger charge is -2.13. The highest BCUT2D eigenvalue weighted by molar-refractivity contribution is 7.19. The summed E-state index contributed by atoms with van der Waals surface area (Å²) < 4.78 is 1.24. The van der Waals surface area contributed by atoms with Crippen LogP contribution in [-0.2, 0) is 11.3 Å². The van der Waals surface area contributed by atoms with Crippen LogP contribution in [0.15, 0.2) is 48.7 Å². The number of aryl methyl sites for hydroxylation is 1. The molecule has 2 aromatic heterocycles. The number of rotatable bonds is 4. The zero-order chi connectivity index (χ0) is 17.1. The largest absolute Gasteiger partial charge is 0.383 e. The van der Waals surface area contributed by atoms with Crippen molar-refractivity contribution in [1.29, 1.82) is 0 Å².